The molecule has 7 heteroatoms. The largest absolute Gasteiger partial charge is 0.393 e. The number of hydrogen-bond donors (Lipinski definition) is 3. The highest BCUT2D eigenvalue weighted by molar-refractivity contribution is 7.89. The number of aliphatic hydroxyl groups is 1. The molecule has 1 aromatic heterocycles. The molecule has 1 aliphatic rings. The Labute approximate surface area is 93.5 Å². The van der Waals surface area contributed by atoms with Crippen LogP contribution in [0.15, 0.2) is 23.2 Å². The van der Waals surface area contributed by atoms with Crippen molar-refractivity contribution in [3.63, 3.8) is 0 Å². The molecule has 16 heavy (non-hydrogen) atoms. The number of nitrogen functional groups attached to an aromatic ring is 1. The lowest BCUT2D eigenvalue weighted by Crippen LogP contribution is -2.46. The number of anilines is 1. The summed E-state index contributed by atoms with van der Waals surface area (Å²) in [6.07, 6.45) is 1.74. The number of aromatic nitrogens is 1. The Morgan fingerprint density at radius 3 is 2.62 bits per heavy atom. The maximum absolute atomic E-state index is 11.8. The number of rotatable bonds is 3. The first-order valence-electron chi connectivity index (χ1n) is 4.89. The summed E-state index contributed by atoms with van der Waals surface area (Å²) in [5.74, 6) is 0.276. The molecule has 0 aliphatic heterocycles. The predicted molar refractivity (Wildman–Crippen MR) is 58.0 cm³/mol. The highest BCUT2D eigenvalue weighted by Gasteiger charge is 2.31. The summed E-state index contributed by atoms with van der Waals surface area (Å²) in [5, 5.41) is 9.06. The summed E-state index contributed by atoms with van der Waals surface area (Å²) in [7, 11) is -3.54. The molecule has 4 N–H and O–H groups in total. The topological polar surface area (TPSA) is 105 Å². The Bertz CT molecular complexity index is 465. The van der Waals surface area contributed by atoms with Crippen molar-refractivity contribution in [2.45, 2.75) is 29.9 Å². The molecule has 0 spiro atoms. The van der Waals surface area contributed by atoms with Crippen LogP contribution in [0, 0.1) is 0 Å². The van der Waals surface area contributed by atoms with Crippen molar-refractivity contribution in [3.8, 4) is 0 Å². The van der Waals surface area contributed by atoms with Crippen LogP contribution in [0.5, 0.6) is 0 Å². The molecule has 1 aromatic rings. The average Bonchev–Trinajstić information content (AvgIpc) is 2.15. The van der Waals surface area contributed by atoms with E-state index in [9.17, 15) is 8.42 Å². The smallest absolute Gasteiger partial charge is 0.242 e. The lowest BCUT2D eigenvalue weighted by molar-refractivity contribution is 0.0712. The maximum atomic E-state index is 11.8. The zero-order chi connectivity index (χ0) is 11.8. The fraction of sp³-hybridized carbons (Fsp3) is 0.444. The first-order valence-corrected chi connectivity index (χ1v) is 6.37. The molecule has 0 radical (unpaired) electrons. The summed E-state index contributed by atoms with van der Waals surface area (Å²) in [5.41, 5.74) is 5.37. The van der Waals surface area contributed by atoms with E-state index in [2.05, 4.69) is 9.71 Å². The van der Waals surface area contributed by atoms with Crippen molar-refractivity contribution in [2.24, 2.45) is 0 Å². The van der Waals surface area contributed by atoms with Gasteiger partial charge in [0.05, 0.1) is 6.10 Å². The minimum absolute atomic E-state index is 0.0862. The van der Waals surface area contributed by atoms with Crippen molar-refractivity contribution in [3.05, 3.63) is 18.3 Å². The van der Waals surface area contributed by atoms with Crippen LogP contribution in [0.25, 0.3) is 0 Å². The standard InChI is InChI=1S/C9H13N3O3S/c10-9-2-1-8(5-11-9)16(14,15)12-6-3-7(13)4-6/h1-2,5-7,12-13H,3-4H2,(H2,10,11). The fourth-order valence-electron chi connectivity index (χ4n) is 1.52. The molecule has 0 amide bonds. The van der Waals surface area contributed by atoms with E-state index in [1.807, 2.05) is 0 Å². The van der Waals surface area contributed by atoms with E-state index in [0.29, 0.717) is 12.8 Å². The molecule has 1 fully saturated rings. The van der Waals surface area contributed by atoms with Gasteiger partial charge in [-0.25, -0.2) is 18.1 Å². The normalized spacial score (nSPS) is 25.1. The van der Waals surface area contributed by atoms with E-state index in [-0.39, 0.29) is 16.8 Å². The zero-order valence-electron chi connectivity index (χ0n) is 8.50. The van der Waals surface area contributed by atoms with Crippen molar-refractivity contribution >= 4 is 15.8 Å². The number of nitrogens with two attached hydrogens (primary N) is 1. The van der Waals surface area contributed by atoms with Gasteiger partial charge in [-0.3, -0.25) is 0 Å². The molecule has 1 aliphatic carbocycles. The first-order chi connectivity index (χ1) is 7.47. The van der Waals surface area contributed by atoms with E-state index in [0.717, 1.165) is 0 Å². The molecule has 2 rings (SSSR count). The second-order valence-electron chi connectivity index (χ2n) is 3.86. The second-order valence-corrected chi connectivity index (χ2v) is 5.58. The van der Waals surface area contributed by atoms with Crippen LogP contribution in [0.2, 0.25) is 0 Å². The van der Waals surface area contributed by atoms with Gasteiger partial charge in [0, 0.05) is 12.2 Å². The molecule has 0 bridgehead atoms. The van der Waals surface area contributed by atoms with Crippen LogP contribution in [-0.2, 0) is 10.0 Å². The summed E-state index contributed by atoms with van der Waals surface area (Å²) in [4.78, 5) is 3.81. The van der Waals surface area contributed by atoms with Crippen molar-refractivity contribution in [2.75, 3.05) is 5.73 Å². The monoisotopic (exact) mass is 243 g/mol. The van der Waals surface area contributed by atoms with Crippen LogP contribution in [0.3, 0.4) is 0 Å². The van der Waals surface area contributed by atoms with Crippen molar-refractivity contribution in [1.82, 2.24) is 9.71 Å². The van der Waals surface area contributed by atoms with Gasteiger partial charge in [-0.15, -0.1) is 0 Å². The van der Waals surface area contributed by atoms with Crippen molar-refractivity contribution in [1.29, 1.82) is 0 Å². The van der Waals surface area contributed by atoms with E-state index < -0.39 is 16.1 Å². The van der Waals surface area contributed by atoms with Gasteiger partial charge in [0.15, 0.2) is 0 Å². The van der Waals surface area contributed by atoms with Gasteiger partial charge in [0.25, 0.3) is 0 Å². The molecule has 6 nitrogen and oxygen atoms in total. The van der Waals surface area contributed by atoms with E-state index in [1.54, 1.807) is 0 Å². The molecular weight excluding hydrogens is 230 g/mol. The van der Waals surface area contributed by atoms with Crippen LogP contribution in [0.4, 0.5) is 5.82 Å². The SMILES string of the molecule is Nc1ccc(S(=O)(=O)NC2CC(O)C2)cn1. The third kappa shape index (κ3) is 2.31. The Hall–Kier alpha value is -1.18. The third-order valence-electron chi connectivity index (χ3n) is 2.50. The van der Waals surface area contributed by atoms with Crippen molar-refractivity contribution < 1.29 is 13.5 Å². The highest BCUT2D eigenvalue weighted by atomic mass is 32.2. The summed E-state index contributed by atoms with van der Waals surface area (Å²) in [6, 6.07) is 2.65. The molecule has 0 aromatic carbocycles. The zero-order valence-corrected chi connectivity index (χ0v) is 9.31. The number of nitrogens with zero attached hydrogens (tertiary/aromatic N) is 1. The van der Waals surface area contributed by atoms with Crippen LogP contribution in [-0.4, -0.2) is 30.7 Å². The molecule has 0 unspecified atom stereocenters. The minimum atomic E-state index is -3.54. The Morgan fingerprint density at radius 2 is 2.12 bits per heavy atom. The summed E-state index contributed by atoms with van der Waals surface area (Å²) >= 11 is 0. The number of pyridine rings is 1. The van der Waals surface area contributed by atoms with Gasteiger partial charge in [0.1, 0.15) is 10.7 Å². The van der Waals surface area contributed by atoms with Gasteiger partial charge in [-0.05, 0) is 25.0 Å². The Kier molecular flexibility index (Phi) is 2.83. The van der Waals surface area contributed by atoms with E-state index in [4.69, 9.17) is 10.8 Å². The molecule has 88 valence electrons. The second kappa shape index (κ2) is 4.00. The number of hydrogen-bond acceptors (Lipinski definition) is 5. The molecule has 0 atom stereocenters. The minimum Gasteiger partial charge on any atom is -0.393 e. The number of aliphatic hydroxyl groups excluding tert-OH is 1. The molecule has 0 saturated heterocycles. The molecule has 1 saturated carbocycles. The summed E-state index contributed by atoms with van der Waals surface area (Å²) in [6.45, 7) is 0. The summed E-state index contributed by atoms with van der Waals surface area (Å²) < 4.78 is 26.0. The third-order valence-corrected chi connectivity index (χ3v) is 4.01. The Balaban J connectivity index is 2.10. The first kappa shape index (κ1) is 11.3. The van der Waals surface area contributed by atoms with Crippen LogP contribution < -0.4 is 10.5 Å². The van der Waals surface area contributed by atoms with Crippen LogP contribution in [0.1, 0.15) is 12.8 Å². The average molecular weight is 243 g/mol. The van der Waals surface area contributed by atoms with Gasteiger partial charge < -0.3 is 10.8 Å². The highest BCUT2D eigenvalue weighted by Crippen LogP contribution is 2.21. The van der Waals surface area contributed by atoms with Gasteiger partial charge in [-0.1, -0.05) is 0 Å². The lowest BCUT2D eigenvalue weighted by Gasteiger charge is -2.31. The van der Waals surface area contributed by atoms with Gasteiger partial charge in [0.2, 0.25) is 10.0 Å². The van der Waals surface area contributed by atoms with Crippen LogP contribution >= 0.6 is 0 Å². The van der Waals surface area contributed by atoms with E-state index >= 15 is 0 Å². The number of nitrogens with one attached hydrogen (secondary N) is 1. The quantitative estimate of drug-likeness (QED) is 0.661. The van der Waals surface area contributed by atoms with E-state index in [1.165, 1.54) is 18.3 Å². The number of sulfonamides is 1. The predicted octanol–water partition coefficient (Wildman–Crippen LogP) is -0.535. The van der Waals surface area contributed by atoms with Gasteiger partial charge in [-0.2, -0.15) is 0 Å². The Morgan fingerprint density at radius 1 is 1.44 bits per heavy atom. The lowest BCUT2D eigenvalue weighted by atomic mass is 9.91. The molecular formula is C9H13N3O3S. The molecule has 1 heterocycles. The fourth-order valence-corrected chi connectivity index (χ4v) is 2.73. The maximum Gasteiger partial charge on any atom is 0.242 e. The van der Waals surface area contributed by atoms with Gasteiger partial charge >= 0.3 is 0 Å².